The number of sulfonamides is 1. The Morgan fingerprint density at radius 2 is 1.06 bits per heavy atom. The number of hydrogen-bond acceptors (Lipinski definition) is 4. The van der Waals surface area contributed by atoms with Crippen LogP contribution in [0.3, 0.4) is 0 Å². The van der Waals surface area contributed by atoms with Crippen molar-refractivity contribution in [3.05, 3.63) is 120 Å². The van der Waals surface area contributed by atoms with Crippen LogP contribution in [0.15, 0.2) is 109 Å². The average Bonchev–Trinajstić information content (AvgIpc) is 2.88. The van der Waals surface area contributed by atoms with Crippen LogP contribution in [0, 0.1) is 0 Å². The molecule has 0 amide bonds. The van der Waals surface area contributed by atoms with E-state index in [0.29, 0.717) is 0 Å². The van der Waals surface area contributed by atoms with Crippen LogP contribution in [0.1, 0.15) is 11.1 Å². The van der Waals surface area contributed by atoms with Gasteiger partial charge in [-0.1, -0.05) is 97.1 Å². The van der Waals surface area contributed by atoms with Crippen molar-refractivity contribution in [1.82, 2.24) is 14.7 Å². The normalized spacial score (nSPS) is 11.5. The monoisotopic (exact) mass is 465 g/mol. The Kier molecular flexibility index (Phi) is 6.16. The maximum absolute atomic E-state index is 12.5. The number of para-hydroxylation sites is 2. The fraction of sp³-hybridized carbons (Fsp3) is 0.0714. The topological polar surface area (TPSA) is 72.0 Å². The number of nitrogens with one attached hydrogen (secondary N) is 1. The first-order valence-electron chi connectivity index (χ1n) is 11.0. The summed E-state index contributed by atoms with van der Waals surface area (Å²) in [5.41, 5.74) is 6.83. The highest BCUT2D eigenvalue weighted by atomic mass is 32.2. The molecule has 0 bridgehead atoms. The Labute approximate surface area is 199 Å². The summed E-state index contributed by atoms with van der Waals surface area (Å²) in [5.74, 6) is -0.0426. The lowest BCUT2D eigenvalue weighted by molar-refractivity contribution is 0.580. The first kappa shape index (κ1) is 21.9. The van der Waals surface area contributed by atoms with Crippen molar-refractivity contribution in [2.75, 3.05) is 0 Å². The number of nitrogens with zero attached hydrogens (tertiary/aromatic N) is 2. The van der Waals surface area contributed by atoms with E-state index < -0.39 is 10.0 Å². The van der Waals surface area contributed by atoms with Gasteiger partial charge < -0.3 is 0 Å². The van der Waals surface area contributed by atoms with Crippen LogP contribution < -0.4 is 4.72 Å². The molecule has 168 valence electrons. The van der Waals surface area contributed by atoms with Gasteiger partial charge in [0.25, 0.3) is 0 Å². The van der Waals surface area contributed by atoms with Gasteiger partial charge in [-0.3, -0.25) is 0 Å². The van der Waals surface area contributed by atoms with Gasteiger partial charge in [-0.2, -0.15) is 0 Å². The maximum Gasteiger partial charge on any atom is 0.216 e. The molecule has 0 fully saturated rings. The molecular formula is C28H23N3O2S. The van der Waals surface area contributed by atoms with Crippen molar-refractivity contribution in [2.24, 2.45) is 0 Å². The zero-order valence-electron chi connectivity index (χ0n) is 18.4. The minimum atomic E-state index is -3.43. The van der Waals surface area contributed by atoms with Crippen LogP contribution in [0.5, 0.6) is 0 Å². The van der Waals surface area contributed by atoms with Crippen LogP contribution >= 0.6 is 0 Å². The molecule has 0 saturated heterocycles. The third kappa shape index (κ3) is 5.03. The fourth-order valence-electron chi connectivity index (χ4n) is 3.82. The van der Waals surface area contributed by atoms with Crippen molar-refractivity contribution < 1.29 is 8.42 Å². The summed E-state index contributed by atoms with van der Waals surface area (Å²) in [6, 6.07) is 34.8. The van der Waals surface area contributed by atoms with Gasteiger partial charge in [0, 0.05) is 17.7 Å². The summed E-state index contributed by atoms with van der Waals surface area (Å²) in [5, 5.41) is 0. The predicted molar refractivity (Wildman–Crippen MR) is 136 cm³/mol. The van der Waals surface area contributed by atoms with Gasteiger partial charge in [-0.25, -0.2) is 23.1 Å². The van der Waals surface area contributed by atoms with Gasteiger partial charge in [-0.15, -0.1) is 0 Å². The Hall–Kier alpha value is -3.87. The lowest BCUT2D eigenvalue weighted by atomic mass is 10.0. The maximum atomic E-state index is 12.5. The summed E-state index contributed by atoms with van der Waals surface area (Å²) in [7, 11) is -3.43. The lowest BCUT2D eigenvalue weighted by Crippen LogP contribution is -2.24. The standard InChI is InChI=1S/C28H23N3O2S/c32-34(33,20-22-9-3-1-4-10-22)29-19-21-15-17-24(18-16-21)28-27(23-11-5-2-6-12-23)30-25-13-7-8-14-26(25)31-28/h1-18,29H,19-20H2. The van der Waals surface area contributed by atoms with E-state index in [1.807, 2.05) is 109 Å². The van der Waals surface area contributed by atoms with Gasteiger partial charge in [0.1, 0.15) is 0 Å². The summed E-state index contributed by atoms with van der Waals surface area (Å²) >= 11 is 0. The van der Waals surface area contributed by atoms with Crippen molar-refractivity contribution in [3.8, 4) is 22.5 Å². The predicted octanol–water partition coefficient (Wildman–Crippen LogP) is 5.58. The molecule has 0 aliphatic carbocycles. The van der Waals surface area contributed by atoms with Gasteiger partial charge >= 0.3 is 0 Å². The molecule has 1 N–H and O–H groups in total. The minimum Gasteiger partial charge on any atom is -0.244 e. The first-order valence-corrected chi connectivity index (χ1v) is 12.7. The molecule has 4 aromatic carbocycles. The van der Waals surface area contributed by atoms with E-state index in [-0.39, 0.29) is 12.3 Å². The highest BCUT2D eigenvalue weighted by Gasteiger charge is 2.14. The Bertz CT molecular complexity index is 1520. The number of rotatable bonds is 7. The van der Waals surface area contributed by atoms with E-state index in [1.54, 1.807) is 0 Å². The van der Waals surface area contributed by atoms with E-state index >= 15 is 0 Å². The summed E-state index contributed by atoms with van der Waals surface area (Å²) in [6.07, 6.45) is 0. The highest BCUT2D eigenvalue weighted by molar-refractivity contribution is 7.88. The fourth-order valence-corrected chi connectivity index (χ4v) is 4.94. The van der Waals surface area contributed by atoms with E-state index in [9.17, 15) is 8.42 Å². The molecule has 0 atom stereocenters. The largest absolute Gasteiger partial charge is 0.244 e. The molecule has 6 heteroatoms. The summed E-state index contributed by atoms with van der Waals surface area (Å²) in [4.78, 5) is 9.81. The first-order chi connectivity index (χ1) is 16.6. The van der Waals surface area contributed by atoms with Crippen LogP contribution in [-0.4, -0.2) is 18.4 Å². The van der Waals surface area contributed by atoms with Gasteiger partial charge in [0.05, 0.1) is 28.2 Å². The number of hydrogen-bond donors (Lipinski definition) is 1. The zero-order valence-corrected chi connectivity index (χ0v) is 19.2. The van der Waals surface area contributed by atoms with E-state index in [4.69, 9.17) is 9.97 Å². The molecule has 5 aromatic rings. The van der Waals surface area contributed by atoms with E-state index in [0.717, 1.165) is 44.7 Å². The third-order valence-electron chi connectivity index (χ3n) is 5.54. The SMILES string of the molecule is O=S(=O)(Cc1ccccc1)NCc1ccc(-c2nc3ccccc3nc2-c2ccccc2)cc1. The number of fused-ring (bicyclic) bond motifs is 1. The average molecular weight is 466 g/mol. The smallest absolute Gasteiger partial charge is 0.216 e. The molecule has 1 aromatic heterocycles. The summed E-state index contributed by atoms with van der Waals surface area (Å²) in [6.45, 7) is 0.227. The second-order valence-corrected chi connectivity index (χ2v) is 9.85. The van der Waals surface area contributed by atoms with Crippen LogP contribution in [0.4, 0.5) is 0 Å². The molecular weight excluding hydrogens is 442 g/mol. The molecule has 5 nitrogen and oxygen atoms in total. The third-order valence-corrected chi connectivity index (χ3v) is 6.84. The van der Waals surface area contributed by atoms with Crippen molar-refractivity contribution in [2.45, 2.75) is 12.3 Å². The van der Waals surface area contributed by atoms with Gasteiger partial charge in [0.15, 0.2) is 0 Å². The lowest BCUT2D eigenvalue weighted by Gasteiger charge is -2.11. The van der Waals surface area contributed by atoms with Crippen molar-refractivity contribution >= 4 is 21.1 Å². The molecule has 0 aliphatic heterocycles. The molecule has 5 rings (SSSR count). The minimum absolute atomic E-state index is 0.0426. The Morgan fingerprint density at radius 1 is 0.559 bits per heavy atom. The molecule has 1 heterocycles. The number of benzene rings is 4. The Balaban J connectivity index is 1.40. The Morgan fingerprint density at radius 3 is 1.65 bits per heavy atom. The molecule has 0 saturated carbocycles. The van der Waals surface area contributed by atoms with Crippen LogP contribution in [-0.2, 0) is 22.3 Å². The zero-order chi connectivity index (χ0) is 23.4. The van der Waals surface area contributed by atoms with Gasteiger partial charge in [0.2, 0.25) is 10.0 Å². The molecule has 34 heavy (non-hydrogen) atoms. The highest BCUT2D eigenvalue weighted by Crippen LogP contribution is 2.31. The number of aromatic nitrogens is 2. The van der Waals surface area contributed by atoms with Crippen LogP contribution in [0.25, 0.3) is 33.5 Å². The molecule has 0 radical (unpaired) electrons. The molecule has 0 unspecified atom stereocenters. The second-order valence-electron chi connectivity index (χ2n) is 8.04. The summed E-state index contributed by atoms with van der Waals surface area (Å²) < 4.78 is 27.6. The van der Waals surface area contributed by atoms with Crippen molar-refractivity contribution in [1.29, 1.82) is 0 Å². The quantitative estimate of drug-likeness (QED) is 0.340. The molecule has 0 aliphatic rings. The molecule has 0 spiro atoms. The van der Waals surface area contributed by atoms with Crippen molar-refractivity contribution in [3.63, 3.8) is 0 Å². The van der Waals surface area contributed by atoms with E-state index in [2.05, 4.69) is 4.72 Å². The second kappa shape index (κ2) is 9.55. The van der Waals surface area contributed by atoms with E-state index in [1.165, 1.54) is 0 Å². The van der Waals surface area contributed by atoms with Gasteiger partial charge in [-0.05, 0) is 23.3 Å². The van der Waals surface area contributed by atoms with Crippen LogP contribution in [0.2, 0.25) is 0 Å².